The predicted octanol–water partition coefficient (Wildman–Crippen LogP) is 4.37. The number of hydrogen-bond acceptors (Lipinski definition) is 4. The average Bonchev–Trinajstić information content (AvgIpc) is 2.63. The van der Waals surface area contributed by atoms with Gasteiger partial charge in [0.1, 0.15) is 5.75 Å². The minimum atomic E-state index is -0.360. The second-order valence-electron chi connectivity index (χ2n) is 5.75. The SMILES string of the molecule is COc1ccc(C(C)NCc2cccc(OCCCC#N)c2)cc1F. The normalized spacial score (nSPS) is 11.6. The summed E-state index contributed by atoms with van der Waals surface area (Å²) in [5.74, 6) is 0.680. The number of nitrogens with one attached hydrogen (secondary N) is 1. The number of hydrogen-bond donors (Lipinski definition) is 1. The van der Waals surface area contributed by atoms with Crippen molar-refractivity contribution in [3.63, 3.8) is 0 Å². The van der Waals surface area contributed by atoms with Gasteiger partial charge in [-0.1, -0.05) is 18.2 Å². The first-order chi connectivity index (χ1) is 12.1. The number of nitriles is 1. The summed E-state index contributed by atoms with van der Waals surface area (Å²) in [6.07, 6.45) is 1.22. The van der Waals surface area contributed by atoms with E-state index in [9.17, 15) is 4.39 Å². The lowest BCUT2D eigenvalue weighted by atomic mass is 10.1. The highest BCUT2D eigenvalue weighted by Gasteiger charge is 2.09. The Bertz CT molecular complexity index is 728. The molecule has 0 saturated carbocycles. The highest BCUT2D eigenvalue weighted by molar-refractivity contribution is 5.31. The molecule has 132 valence electrons. The van der Waals surface area contributed by atoms with Crippen LogP contribution in [0.25, 0.3) is 0 Å². The number of unbranched alkanes of at least 4 members (excludes halogenated alkanes) is 1. The summed E-state index contributed by atoms with van der Waals surface area (Å²) >= 11 is 0. The molecule has 0 heterocycles. The van der Waals surface area contributed by atoms with Gasteiger partial charge in [-0.05, 0) is 48.7 Å². The molecule has 1 unspecified atom stereocenters. The summed E-state index contributed by atoms with van der Waals surface area (Å²) < 4.78 is 24.4. The van der Waals surface area contributed by atoms with Gasteiger partial charge in [0, 0.05) is 19.0 Å². The van der Waals surface area contributed by atoms with Gasteiger partial charge in [-0.2, -0.15) is 5.26 Å². The van der Waals surface area contributed by atoms with E-state index in [2.05, 4.69) is 11.4 Å². The fourth-order valence-electron chi connectivity index (χ4n) is 2.43. The second kappa shape index (κ2) is 9.65. The van der Waals surface area contributed by atoms with Crippen LogP contribution in [0.15, 0.2) is 42.5 Å². The van der Waals surface area contributed by atoms with Gasteiger partial charge in [0.15, 0.2) is 11.6 Å². The van der Waals surface area contributed by atoms with Gasteiger partial charge in [-0.3, -0.25) is 0 Å². The van der Waals surface area contributed by atoms with E-state index in [1.807, 2.05) is 37.3 Å². The molecule has 0 spiro atoms. The van der Waals surface area contributed by atoms with Crippen LogP contribution >= 0.6 is 0 Å². The number of benzene rings is 2. The van der Waals surface area contributed by atoms with Gasteiger partial charge >= 0.3 is 0 Å². The van der Waals surface area contributed by atoms with E-state index in [0.29, 0.717) is 19.6 Å². The van der Waals surface area contributed by atoms with Crippen LogP contribution in [-0.4, -0.2) is 13.7 Å². The van der Waals surface area contributed by atoms with Crippen molar-refractivity contribution < 1.29 is 13.9 Å². The quantitative estimate of drug-likeness (QED) is 0.688. The molecule has 5 heteroatoms. The first-order valence-corrected chi connectivity index (χ1v) is 8.29. The average molecular weight is 342 g/mol. The fourth-order valence-corrected chi connectivity index (χ4v) is 2.43. The fraction of sp³-hybridized carbons (Fsp3) is 0.350. The minimum absolute atomic E-state index is 0.000564. The van der Waals surface area contributed by atoms with Gasteiger partial charge in [0.05, 0.1) is 19.8 Å². The van der Waals surface area contributed by atoms with Crippen molar-refractivity contribution in [2.24, 2.45) is 0 Å². The van der Waals surface area contributed by atoms with Gasteiger partial charge in [-0.15, -0.1) is 0 Å². The standard InChI is InChI=1S/C20H23FN2O2/c1-15(17-8-9-20(24-2)19(21)13-17)23-14-16-6-5-7-18(12-16)25-11-4-3-10-22/h5-9,12-13,15,23H,3-4,11,14H2,1-2H3. The Hall–Kier alpha value is -2.58. The third-order valence-electron chi connectivity index (χ3n) is 3.89. The molecule has 0 aromatic heterocycles. The van der Waals surface area contributed by atoms with Crippen LogP contribution in [0.2, 0.25) is 0 Å². The third kappa shape index (κ3) is 5.77. The van der Waals surface area contributed by atoms with E-state index in [1.165, 1.54) is 13.2 Å². The molecular weight excluding hydrogens is 319 g/mol. The molecule has 4 nitrogen and oxygen atoms in total. The van der Waals surface area contributed by atoms with Crippen LogP contribution in [0.3, 0.4) is 0 Å². The maximum atomic E-state index is 13.8. The van der Waals surface area contributed by atoms with E-state index >= 15 is 0 Å². The molecule has 0 saturated heterocycles. The van der Waals surface area contributed by atoms with Crippen LogP contribution < -0.4 is 14.8 Å². The largest absolute Gasteiger partial charge is 0.494 e. The zero-order valence-electron chi connectivity index (χ0n) is 14.6. The molecule has 1 atom stereocenters. The number of ether oxygens (including phenoxy) is 2. The summed E-state index contributed by atoms with van der Waals surface area (Å²) in [4.78, 5) is 0. The molecule has 2 aromatic rings. The molecule has 0 fully saturated rings. The first kappa shape index (κ1) is 18.8. The maximum Gasteiger partial charge on any atom is 0.165 e. The molecule has 2 aromatic carbocycles. The van der Waals surface area contributed by atoms with Crippen molar-refractivity contribution >= 4 is 0 Å². The smallest absolute Gasteiger partial charge is 0.165 e. The molecule has 0 radical (unpaired) electrons. The van der Waals surface area contributed by atoms with Gasteiger partial charge in [-0.25, -0.2) is 4.39 Å². The van der Waals surface area contributed by atoms with Crippen molar-refractivity contribution in [3.05, 3.63) is 59.4 Å². The van der Waals surface area contributed by atoms with E-state index in [-0.39, 0.29) is 17.6 Å². The second-order valence-corrected chi connectivity index (χ2v) is 5.75. The Balaban J connectivity index is 1.90. The predicted molar refractivity (Wildman–Crippen MR) is 95.0 cm³/mol. The Morgan fingerprint density at radius 3 is 2.80 bits per heavy atom. The molecule has 0 aliphatic carbocycles. The Labute approximate surface area is 148 Å². The summed E-state index contributed by atoms with van der Waals surface area (Å²) in [5, 5.41) is 11.9. The zero-order valence-corrected chi connectivity index (χ0v) is 14.6. The molecule has 0 aliphatic heterocycles. The lowest BCUT2D eigenvalue weighted by Gasteiger charge is -2.16. The van der Waals surface area contributed by atoms with Crippen LogP contribution in [0.5, 0.6) is 11.5 Å². The van der Waals surface area contributed by atoms with E-state index in [4.69, 9.17) is 14.7 Å². The first-order valence-electron chi connectivity index (χ1n) is 8.29. The van der Waals surface area contributed by atoms with Crippen molar-refractivity contribution in [3.8, 4) is 17.6 Å². The number of rotatable bonds is 9. The molecule has 0 aliphatic rings. The van der Waals surface area contributed by atoms with Crippen molar-refractivity contribution in [2.45, 2.75) is 32.4 Å². The van der Waals surface area contributed by atoms with Crippen molar-refractivity contribution in [2.75, 3.05) is 13.7 Å². The lowest BCUT2D eigenvalue weighted by molar-refractivity contribution is 0.312. The van der Waals surface area contributed by atoms with Gasteiger partial charge in [0.2, 0.25) is 0 Å². The summed E-state index contributed by atoms with van der Waals surface area (Å²) in [6.45, 7) is 3.17. The highest BCUT2D eigenvalue weighted by Crippen LogP contribution is 2.22. The van der Waals surface area contributed by atoms with Crippen molar-refractivity contribution in [1.29, 1.82) is 5.26 Å². The minimum Gasteiger partial charge on any atom is -0.494 e. The van der Waals surface area contributed by atoms with E-state index in [1.54, 1.807) is 6.07 Å². The van der Waals surface area contributed by atoms with Gasteiger partial charge in [0.25, 0.3) is 0 Å². The Morgan fingerprint density at radius 2 is 2.08 bits per heavy atom. The highest BCUT2D eigenvalue weighted by atomic mass is 19.1. The zero-order chi connectivity index (χ0) is 18.1. The van der Waals surface area contributed by atoms with Crippen LogP contribution in [0.1, 0.15) is 36.9 Å². The topological polar surface area (TPSA) is 54.3 Å². The van der Waals surface area contributed by atoms with E-state index < -0.39 is 0 Å². The van der Waals surface area contributed by atoms with Crippen LogP contribution in [0, 0.1) is 17.1 Å². The van der Waals surface area contributed by atoms with E-state index in [0.717, 1.165) is 23.3 Å². The molecule has 25 heavy (non-hydrogen) atoms. The lowest BCUT2D eigenvalue weighted by Crippen LogP contribution is -2.18. The number of halogens is 1. The number of nitrogens with zero attached hydrogens (tertiary/aromatic N) is 1. The van der Waals surface area contributed by atoms with Gasteiger partial charge < -0.3 is 14.8 Å². The molecular formula is C20H23FN2O2. The summed E-state index contributed by atoms with van der Waals surface area (Å²) in [6, 6.07) is 14.9. The molecule has 2 rings (SSSR count). The summed E-state index contributed by atoms with van der Waals surface area (Å²) in [7, 11) is 1.45. The molecule has 0 bridgehead atoms. The third-order valence-corrected chi connectivity index (χ3v) is 3.89. The maximum absolute atomic E-state index is 13.8. The van der Waals surface area contributed by atoms with Crippen LogP contribution in [0.4, 0.5) is 4.39 Å². The Kier molecular flexibility index (Phi) is 7.24. The monoisotopic (exact) mass is 342 g/mol. The number of methoxy groups -OCH3 is 1. The molecule has 0 amide bonds. The van der Waals surface area contributed by atoms with Crippen molar-refractivity contribution in [1.82, 2.24) is 5.32 Å². The van der Waals surface area contributed by atoms with Crippen LogP contribution in [-0.2, 0) is 6.54 Å². The summed E-state index contributed by atoms with van der Waals surface area (Å²) in [5.41, 5.74) is 1.95. The molecule has 1 N–H and O–H groups in total. The Morgan fingerprint density at radius 1 is 1.24 bits per heavy atom.